The largest absolute Gasteiger partial charge is 0.493 e. The molecule has 2 rings (SSSR count). The predicted octanol–water partition coefficient (Wildman–Crippen LogP) is 3.39. The predicted molar refractivity (Wildman–Crippen MR) is 92.2 cm³/mol. The van der Waals surface area contributed by atoms with Crippen molar-refractivity contribution in [2.24, 2.45) is 0 Å². The standard InChI is InChI=1S/C17H14BrF3N2O3/c18-10-2-1-3-11(8-10)26-7-6-14(24)22-9-15(25)23-13-5-4-12(19)16(20)17(13)21/h1-5,8H,6-7,9H2,(H,22,24)(H,23,25). The van der Waals surface area contributed by atoms with Crippen LogP contribution in [0.2, 0.25) is 0 Å². The van der Waals surface area contributed by atoms with Gasteiger partial charge in [-0.2, -0.15) is 0 Å². The van der Waals surface area contributed by atoms with Gasteiger partial charge in [-0.3, -0.25) is 9.59 Å². The zero-order chi connectivity index (χ0) is 19.1. The van der Waals surface area contributed by atoms with Crippen LogP contribution in [-0.4, -0.2) is 25.0 Å². The van der Waals surface area contributed by atoms with Crippen molar-refractivity contribution in [3.63, 3.8) is 0 Å². The van der Waals surface area contributed by atoms with Crippen LogP contribution in [0, 0.1) is 17.5 Å². The lowest BCUT2D eigenvalue weighted by atomic mass is 10.2. The molecule has 0 saturated carbocycles. The second-order valence-electron chi connectivity index (χ2n) is 5.10. The smallest absolute Gasteiger partial charge is 0.243 e. The number of carbonyl (C=O) groups is 2. The zero-order valence-corrected chi connectivity index (χ0v) is 14.9. The Hall–Kier alpha value is -2.55. The molecule has 138 valence electrons. The molecule has 0 aliphatic rings. The maximum absolute atomic E-state index is 13.4. The third-order valence-electron chi connectivity index (χ3n) is 3.15. The van der Waals surface area contributed by atoms with Gasteiger partial charge in [0.05, 0.1) is 25.3 Å². The van der Waals surface area contributed by atoms with Crippen LogP contribution < -0.4 is 15.4 Å². The summed E-state index contributed by atoms with van der Waals surface area (Å²) in [5.74, 6) is -5.21. The molecule has 0 spiro atoms. The van der Waals surface area contributed by atoms with E-state index in [1.165, 1.54) is 0 Å². The lowest BCUT2D eigenvalue weighted by Crippen LogP contribution is -2.33. The highest BCUT2D eigenvalue weighted by atomic mass is 79.9. The molecule has 2 N–H and O–H groups in total. The van der Waals surface area contributed by atoms with E-state index in [0.717, 1.165) is 10.5 Å². The Labute approximate surface area is 155 Å². The first-order chi connectivity index (χ1) is 12.4. The molecule has 0 saturated heterocycles. The van der Waals surface area contributed by atoms with E-state index in [4.69, 9.17) is 4.74 Å². The van der Waals surface area contributed by atoms with Gasteiger partial charge in [-0.25, -0.2) is 13.2 Å². The highest BCUT2D eigenvalue weighted by Crippen LogP contribution is 2.19. The van der Waals surface area contributed by atoms with Gasteiger partial charge < -0.3 is 15.4 Å². The Balaban J connectivity index is 1.73. The van der Waals surface area contributed by atoms with Gasteiger partial charge in [0.25, 0.3) is 0 Å². The zero-order valence-electron chi connectivity index (χ0n) is 13.3. The van der Waals surface area contributed by atoms with Crippen LogP contribution in [0.25, 0.3) is 0 Å². The van der Waals surface area contributed by atoms with E-state index in [0.29, 0.717) is 11.8 Å². The Bertz CT molecular complexity index is 818. The summed E-state index contributed by atoms with van der Waals surface area (Å²) in [5.41, 5.74) is -0.513. The van der Waals surface area contributed by atoms with Crippen LogP contribution in [0.4, 0.5) is 18.9 Å². The summed E-state index contributed by atoms with van der Waals surface area (Å²) >= 11 is 3.29. The van der Waals surface area contributed by atoms with E-state index in [9.17, 15) is 22.8 Å². The summed E-state index contributed by atoms with van der Waals surface area (Å²) < 4.78 is 45.5. The minimum atomic E-state index is -1.68. The molecule has 26 heavy (non-hydrogen) atoms. The van der Waals surface area contributed by atoms with Crippen molar-refractivity contribution in [1.29, 1.82) is 0 Å². The Morgan fingerprint density at radius 2 is 1.81 bits per heavy atom. The van der Waals surface area contributed by atoms with E-state index in [2.05, 4.69) is 26.6 Å². The van der Waals surface area contributed by atoms with Crippen LogP contribution in [-0.2, 0) is 9.59 Å². The molecular formula is C17H14BrF3N2O3. The average Bonchev–Trinajstić information content (AvgIpc) is 2.60. The highest BCUT2D eigenvalue weighted by Gasteiger charge is 2.15. The number of benzene rings is 2. The van der Waals surface area contributed by atoms with E-state index >= 15 is 0 Å². The molecule has 2 aromatic rings. The normalized spacial score (nSPS) is 10.3. The number of rotatable bonds is 7. The number of ether oxygens (including phenoxy) is 1. The first-order valence-corrected chi connectivity index (χ1v) is 8.24. The summed E-state index contributed by atoms with van der Waals surface area (Å²) in [5, 5.41) is 4.37. The minimum Gasteiger partial charge on any atom is -0.493 e. The quantitative estimate of drug-likeness (QED) is 0.661. The van der Waals surface area contributed by atoms with Gasteiger partial charge in [0.15, 0.2) is 17.5 Å². The fourth-order valence-corrected chi connectivity index (χ4v) is 2.28. The van der Waals surface area contributed by atoms with Crippen LogP contribution >= 0.6 is 15.9 Å². The SMILES string of the molecule is O=C(CCOc1cccc(Br)c1)NCC(=O)Nc1ccc(F)c(F)c1F. The van der Waals surface area contributed by atoms with Gasteiger partial charge in [-0.1, -0.05) is 22.0 Å². The number of hydrogen-bond acceptors (Lipinski definition) is 3. The van der Waals surface area contributed by atoms with E-state index in [1.807, 2.05) is 6.07 Å². The second kappa shape index (κ2) is 9.23. The van der Waals surface area contributed by atoms with Crippen LogP contribution in [0.3, 0.4) is 0 Å². The number of hydrogen-bond donors (Lipinski definition) is 2. The molecule has 5 nitrogen and oxygen atoms in total. The third kappa shape index (κ3) is 5.76. The van der Waals surface area contributed by atoms with Crippen LogP contribution in [0.1, 0.15) is 6.42 Å². The van der Waals surface area contributed by atoms with Crippen molar-refractivity contribution in [2.75, 3.05) is 18.5 Å². The first kappa shape index (κ1) is 19.8. The molecule has 0 bridgehead atoms. The second-order valence-corrected chi connectivity index (χ2v) is 6.02. The van der Waals surface area contributed by atoms with E-state index < -0.39 is 41.5 Å². The summed E-state index contributed by atoms with van der Waals surface area (Å²) in [4.78, 5) is 23.3. The maximum Gasteiger partial charge on any atom is 0.243 e. The first-order valence-electron chi connectivity index (χ1n) is 7.45. The monoisotopic (exact) mass is 430 g/mol. The van der Waals surface area contributed by atoms with Crippen molar-refractivity contribution < 1.29 is 27.5 Å². The molecule has 0 aromatic heterocycles. The minimum absolute atomic E-state index is 0.000664. The summed E-state index contributed by atoms with van der Waals surface area (Å²) in [7, 11) is 0. The lowest BCUT2D eigenvalue weighted by Gasteiger charge is -2.09. The van der Waals surface area contributed by atoms with E-state index in [1.54, 1.807) is 18.2 Å². The molecular weight excluding hydrogens is 417 g/mol. The van der Waals surface area contributed by atoms with Crippen molar-refractivity contribution in [3.05, 3.63) is 58.3 Å². The lowest BCUT2D eigenvalue weighted by molar-refractivity contribution is -0.124. The maximum atomic E-state index is 13.4. The molecule has 9 heteroatoms. The van der Waals surface area contributed by atoms with Gasteiger partial charge in [0, 0.05) is 4.47 Å². The number of amides is 2. The molecule has 0 aliphatic carbocycles. The van der Waals surface area contributed by atoms with Crippen LogP contribution in [0.15, 0.2) is 40.9 Å². The number of nitrogens with one attached hydrogen (secondary N) is 2. The van der Waals surface area contributed by atoms with Gasteiger partial charge in [0.2, 0.25) is 11.8 Å². The number of anilines is 1. The molecule has 0 heterocycles. The van der Waals surface area contributed by atoms with Crippen molar-refractivity contribution in [3.8, 4) is 5.75 Å². The molecule has 0 atom stereocenters. The molecule has 0 unspecified atom stereocenters. The molecule has 0 fully saturated rings. The number of halogens is 4. The van der Waals surface area contributed by atoms with Gasteiger partial charge in [-0.15, -0.1) is 0 Å². The summed E-state index contributed by atoms with van der Waals surface area (Å²) in [6.45, 7) is -0.351. The van der Waals surface area contributed by atoms with Crippen molar-refractivity contribution in [1.82, 2.24) is 5.32 Å². The van der Waals surface area contributed by atoms with Crippen LogP contribution in [0.5, 0.6) is 5.75 Å². The number of carbonyl (C=O) groups excluding carboxylic acids is 2. The Morgan fingerprint density at radius 3 is 2.54 bits per heavy atom. The average molecular weight is 431 g/mol. The fraction of sp³-hybridized carbons (Fsp3) is 0.176. The fourth-order valence-electron chi connectivity index (χ4n) is 1.90. The van der Waals surface area contributed by atoms with Gasteiger partial charge in [-0.05, 0) is 30.3 Å². The molecule has 0 aliphatic heterocycles. The van der Waals surface area contributed by atoms with Gasteiger partial charge >= 0.3 is 0 Å². The van der Waals surface area contributed by atoms with Crippen molar-refractivity contribution in [2.45, 2.75) is 6.42 Å². The van der Waals surface area contributed by atoms with E-state index in [-0.39, 0.29) is 13.0 Å². The Kier molecular flexibility index (Phi) is 7.02. The topological polar surface area (TPSA) is 67.4 Å². The molecule has 2 amide bonds. The molecule has 0 radical (unpaired) electrons. The van der Waals surface area contributed by atoms with Crippen molar-refractivity contribution >= 4 is 33.4 Å². The molecule has 2 aromatic carbocycles. The van der Waals surface area contributed by atoms with Gasteiger partial charge in [0.1, 0.15) is 5.75 Å². The Morgan fingerprint density at radius 1 is 1.04 bits per heavy atom. The summed E-state index contributed by atoms with van der Waals surface area (Å²) in [6, 6.07) is 8.65. The third-order valence-corrected chi connectivity index (χ3v) is 3.64. The highest BCUT2D eigenvalue weighted by molar-refractivity contribution is 9.10. The summed E-state index contributed by atoms with van der Waals surface area (Å²) in [6.07, 6.45) is -0.000664.